The maximum atomic E-state index is 5.50. The van der Waals surface area contributed by atoms with Crippen LogP contribution in [0.4, 0.5) is 5.95 Å². The summed E-state index contributed by atoms with van der Waals surface area (Å²) in [4.78, 5) is 14.0. The lowest BCUT2D eigenvalue weighted by Gasteiger charge is -2.40. The maximum Gasteiger partial charge on any atom is 0.227 e. The molecule has 0 amide bonds. The van der Waals surface area contributed by atoms with Crippen LogP contribution in [-0.4, -0.2) is 65.0 Å². The molecular formula is C21H28Cl2N6O2. The van der Waals surface area contributed by atoms with Gasteiger partial charge >= 0.3 is 0 Å². The molecule has 1 N–H and O–H groups in total. The molecule has 1 fully saturated rings. The maximum absolute atomic E-state index is 5.50. The van der Waals surface area contributed by atoms with E-state index in [1.807, 2.05) is 6.20 Å². The normalized spacial score (nSPS) is 16.9. The Balaban J connectivity index is 0.00000136. The molecule has 31 heavy (non-hydrogen) atoms. The minimum Gasteiger partial charge on any atom is -0.493 e. The monoisotopic (exact) mass is 466 g/mol. The number of hydrogen-bond donors (Lipinski definition) is 1. The molecule has 10 heteroatoms. The van der Waals surface area contributed by atoms with Gasteiger partial charge < -0.3 is 14.4 Å². The number of aromatic nitrogens is 4. The van der Waals surface area contributed by atoms with E-state index in [0.29, 0.717) is 6.04 Å². The van der Waals surface area contributed by atoms with Gasteiger partial charge in [-0.25, -0.2) is 4.98 Å². The second kappa shape index (κ2) is 9.89. The fourth-order valence-corrected chi connectivity index (χ4v) is 4.53. The van der Waals surface area contributed by atoms with E-state index in [1.54, 1.807) is 20.4 Å². The van der Waals surface area contributed by atoms with Gasteiger partial charge in [0.25, 0.3) is 0 Å². The molecule has 2 aliphatic rings. The number of ether oxygens (including phenoxy) is 2. The van der Waals surface area contributed by atoms with Gasteiger partial charge in [-0.2, -0.15) is 10.1 Å². The van der Waals surface area contributed by atoms with E-state index in [4.69, 9.17) is 9.47 Å². The van der Waals surface area contributed by atoms with Gasteiger partial charge in [0.1, 0.15) is 0 Å². The summed E-state index contributed by atoms with van der Waals surface area (Å²) in [6.07, 6.45) is 6.89. The largest absolute Gasteiger partial charge is 0.493 e. The Kier molecular flexibility index (Phi) is 7.46. The van der Waals surface area contributed by atoms with Crippen molar-refractivity contribution < 1.29 is 9.47 Å². The number of methoxy groups -OCH3 is 2. The summed E-state index contributed by atoms with van der Waals surface area (Å²) in [5, 5.41) is 7.91. The quantitative estimate of drug-likeness (QED) is 0.631. The molecule has 0 bridgehead atoms. The third-order valence-electron chi connectivity index (χ3n) is 6.19. The fraction of sp³-hybridized carbons (Fsp3) is 0.476. The summed E-state index contributed by atoms with van der Waals surface area (Å²) in [7, 11) is 3.39. The van der Waals surface area contributed by atoms with Gasteiger partial charge in [-0.05, 0) is 42.5 Å². The molecule has 8 nitrogen and oxygen atoms in total. The number of benzene rings is 1. The first-order valence-corrected chi connectivity index (χ1v) is 10.1. The Morgan fingerprint density at radius 2 is 1.68 bits per heavy atom. The molecule has 0 radical (unpaired) electrons. The first-order valence-electron chi connectivity index (χ1n) is 10.1. The summed E-state index contributed by atoms with van der Waals surface area (Å²) in [5.74, 6) is 2.43. The van der Waals surface area contributed by atoms with Crippen LogP contribution in [0.3, 0.4) is 0 Å². The molecule has 0 aliphatic carbocycles. The van der Waals surface area contributed by atoms with Crippen molar-refractivity contribution in [2.45, 2.75) is 31.8 Å². The molecule has 0 spiro atoms. The van der Waals surface area contributed by atoms with Crippen molar-refractivity contribution in [3.05, 3.63) is 35.7 Å². The molecule has 1 aromatic carbocycles. The standard InChI is InChI=1S/C21H26N6O2.2ClH/c1-28-18-9-14-3-6-27(13-15(14)10-19(18)29-2)17-4-7-26(8-5-17)21-22-11-16-12-23-25-20(16)24-21;;/h9-12,17H,3-8,13H2,1-2H3,(H,22,23,24,25);2*1H. The SMILES string of the molecule is COc1cc2c(cc1OC)CN(C1CCN(c3ncc4cn[nH]c4n3)CC1)CC2.Cl.Cl. The Bertz CT molecular complexity index is 1020. The number of fused-ring (bicyclic) bond motifs is 2. The molecular weight excluding hydrogens is 439 g/mol. The number of aromatic amines is 1. The molecule has 3 aromatic rings. The van der Waals surface area contributed by atoms with Crippen LogP contribution >= 0.6 is 24.8 Å². The van der Waals surface area contributed by atoms with Crippen LogP contribution in [0.5, 0.6) is 11.5 Å². The van der Waals surface area contributed by atoms with E-state index in [0.717, 1.165) is 73.9 Å². The van der Waals surface area contributed by atoms with Crippen LogP contribution in [-0.2, 0) is 13.0 Å². The van der Waals surface area contributed by atoms with Crippen LogP contribution in [0.25, 0.3) is 11.0 Å². The summed E-state index contributed by atoms with van der Waals surface area (Å²) < 4.78 is 11.0. The molecule has 0 unspecified atom stereocenters. The summed E-state index contributed by atoms with van der Waals surface area (Å²) in [6.45, 7) is 4.00. The minimum atomic E-state index is 0. The number of anilines is 1. The third kappa shape index (κ3) is 4.51. The van der Waals surface area contributed by atoms with Gasteiger partial charge in [-0.3, -0.25) is 10.00 Å². The molecule has 4 heterocycles. The van der Waals surface area contributed by atoms with Crippen molar-refractivity contribution in [2.24, 2.45) is 0 Å². The highest BCUT2D eigenvalue weighted by atomic mass is 35.5. The number of nitrogens with one attached hydrogen (secondary N) is 1. The average molecular weight is 467 g/mol. The van der Waals surface area contributed by atoms with E-state index in [2.05, 4.69) is 42.1 Å². The number of H-pyrrole nitrogens is 1. The predicted octanol–water partition coefficient (Wildman–Crippen LogP) is 3.24. The van der Waals surface area contributed by atoms with Crippen LogP contribution in [0.15, 0.2) is 24.5 Å². The lowest BCUT2D eigenvalue weighted by molar-refractivity contribution is 0.152. The van der Waals surface area contributed by atoms with Crippen molar-refractivity contribution in [2.75, 3.05) is 38.8 Å². The minimum absolute atomic E-state index is 0. The van der Waals surface area contributed by atoms with Gasteiger partial charge in [0, 0.05) is 38.4 Å². The zero-order chi connectivity index (χ0) is 19.8. The van der Waals surface area contributed by atoms with Crippen LogP contribution in [0, 0.1) is 0 Å². The molecule has 2 aromatic heterocycles. The smallest absolute Gasteiger partial charge is 0.227 e. The van der Waals surface area contributed by atoms with Gasteiger partial charge in [-0.15, -0.1) is 24.8 Å². The molecule has 1 saturated heterocycles. The highest BCUT2D eigenvalue weighted by Gasteiger charge is 2.29. The van der Waals surface area contributed by atoms with E-state index in [9.17, 15) is 0 Å². The fourth-order valence-electron chi connectivity index (χ4n) is 4.53. The van der Waals surface area contributed by atoms with E-state index in [1.165, 1.54) is 11.1 Å². The zero-order valence-electron chi connectivity index (χ0n) is 17.7. The Morgan fingerprint density at radius 3 is 2.39 bits per heavy atom. The van der Waals surface area contributed by atoms with Crippen LogP contribution < -0.4 is 14.4 Å². The summed E-state index contributed by atoms with van der Waals surface area (Å²) in [6, 6.07) is 4.86. The van der Waals surface area contributed by atoms with Crippen molar-refractivity contribution in [1.29, 1.82) is 0 Å². The van der Waals surface area contributed by atoms with Crippen LogP contribution in [0.2, 0.25) is 0 Å². The Morgan fingerprint density at radius 1 is 0.968 bits per heavy atom. The van der Waals surface area contributed by atoms with Crippen molar-refractivity contribution in [1.82, 2.24) is 25.1 Å². The number of halogens is 2. The Labute approximate surface area is 194 Å². The number of nitrogens with zero attached hydrogens (tertiary/aromatic N) is 5. The Hall–Kier alpha value is -2.29. The molecule has 168 valence electrons. The second-order valence-corrected chi connectivity index (χ2v) is 7.76. The van der Waals surface area contributed by atoms with Crippen molar-refractivity contribution in [3.63, 3.8) is 0 Å². The van der Waals surface area contributed by atoms with E-state index < -0.39 is 0 Å². The van der Waals surface area contributed by atoms with E-state index >= 15 is 0 Å². The first-order chi connectivity index (χ1) is 14.2. The highest BCUT2D eigenvalue weighted by Crippen LogP contribution is 2.34. The molecule has 0 atom stereocenters. The zero-order valence-corrected chi connectivity index (χ0v) is 19.3. The van der Waals surface area contributed by atoms with Crippen molar-refractivity contribution in [3.8, 4) is 11.5 Å². The highest BCUT2D eigenvalue weighted by molar-refractivity contribution is 5.85. The lowest BCUT2D eigenvalue weighted by atomic mass is 9.95. The number of rotatable bonds is 4. The van der Waals surface area contributed by atoms with Gasteiger partial charge in [0.2, 0.25) is 5.95 Å². The van der Waals surface area contributed by atoms with E-state index in [-0.39, 0.29) is 24.8 Å². The summed E-state index contributed by atoms with van der Waals surface area (Å²) >= 11 is 0. The van der Waals surface area contributed by atoms with Gasteiger partial charge in [0.05, 0.1) is 25.8 Å². The number of hydrogen-bond acceptors (Lipinski definition) is 7. The molecule has 5 rings (SSSR count). The summed E-state index contributed by atoms with van der Waals surface area (Å²) in [5.41, 5.74) is 3.52. The lowest BCUT2D eigenvalue weighted by Crippen LogP contribution is -2.47. The second-order valence-electron chi connectivity index (χ2n) is 7.76. The third-order valence-corrected chi connectivity index (χ3v) is 6.19. The average Bonchev–Trinajstić information content (AvgIpc) is 3.25. The number of piperidine rings is 1. The van der Waals surface area contributed by atoms with Gasteiger partial charge in [0.15, 0.2) is 17.1 Å². The first kappa shape index (κ1) is 23.4. The van der Waals surface area contributed by atoms with Crippen LogP contribution in [0.1, 0.15) is 24.0 Å². The van der Waals surface area contributed by atoms with Gasteiger partial charge in [-0.1, -0.05) is 0 Å². The molecule has 0 saturated carbocycles. The van der Waals surface area contributed by atoms with Crippen molar-refractivity contribution >= 4 is 41.8 Å². The topological polar surface area (TPSA) is 79.4 Å². The predicted molar refractivity (Wildman–Crippen MR) is 125 cm³/mol. The molecule has 2 aliphatic heterocycles.